The van der Waals surface area contributed by atoms with Gasteiger partial charge in [-0.05, 0) is 53.4 Å². The van der Waals surface area contributed by atoms with Crippen molar-refractivity contribution in [2.75, 3.05) is 18.5 Å². The van der Waals surface area contributed by atoms with Gasteiger partial charge >= 0.3 is 0 Å². The Morgan fingerprint density at radius 3 is 2.89 bits per heavy atom. The van der Waals surface area contributed by atoms with E-state index in [0.717, 1.165) is 35.1 Å². The lowest BCUT2D eigenvalue weighted by Gasteiger charge is -2.27. The summed E-state index contributed by atoms with van der Waals surface area (Å²) in [5.74, 6) is 0.0593. The molecule has 0 bridgehead atoms. The maximum atomic E-state index is 11.9. The Morgan fingerprint density at radius 1 is 1.58 bits per heavy atom. The lowest BCUT2D eigenvalue weighted by molar-refractivity contribution is -0.121. The summed E-state index contributed by atoms with van der Waals surface area (Å²) < 4.78 is 0.918. The molecule has 2 atom stereocenters. The monoisotopic (exact) mass is 326 g/mol. The van der Waals surface area contributed by atoms with Gasteiger partial charge in [0.2, 0.25) is 5.91 Å². The average molecular weight is 327 g/mol. The molecule has 2 rings (SSSR count). The molecule has 1 amide bonds. The highest BCUT2D eigenvalue weighted by molar-refractivity contribution is 9.10. The molecule has 19 heavy (non-hydrogen) atoms. The third-order valence-corrected chi connectivity index (χ3v) is 4.20. The van der Waals surface area contributed by atoms with E-state index in [1.807, 2.05) is 18.2 Å². The van der Waals surface area contributed by atoms with Crippen LogP contribution >= 0.6 is 15.9 Å². The summed E-state index contributed by atoms with van der Waals surface area (Å²) in [4.78, 5) is 14.0. The van der Waals surface area contributed by atoms with Gasteiger partial charge in [0.25, 0.3) is 0 Å². The van der Waals surface area contributed by atoms with E-state index in [0.29, 0.717) is 0 Å². The Kier molecular flexibility index (Phi) is 4.47. The molecule has 2 N–H and O–H groups in total. The molecule has 1 fully saturated rings. The van der Waals surface area contributed by atoms with Crippen molar-refractivity contribution in [2.45, 2.75) is 31.9 Å². The third-order valence-electron chi connectivity index (χ3n) is 3.57. The van der Waals surface area contributed by atoms with Crippen molar-refractivity contribution in [1.82, 2.24) is 5.32 Å². The summed E-state index contributed by atoms with van der Waals surface area (Å²) in [7, 11) is 1.67. The first kappa shape index (κ1) is 14.3. The molecule has 1 aromatic rings. The SMILES string of the molecule is CNC(=O)C1CCCN1c1ccc([C@H](C)O)cc1Br. The first-order valence-corrected chi connectivity index (χ1v) is 7.29. The van der Waals surface area contributed by atoms with Crippen LogP contribution in [0.15, 0.2) is 22.7 Å². The number of aliphatic hydroxyl groups excluding tert-OH is 1. The molecule has 5 heteroatoms. The molecule has 1 unspecified atom stereocenters. The van der Waals surface area contributed by atoms with Gasteiger partial charge in [0.1, 0.15) is 6.04 Å². The van der Waals surface area contributed by atoms with Gasteiger partial charge < -0.3 is 15.3 Å². The maximum absolute atomic E-state index is 11.9. The van der Waals surface area contributed by atoms with Gasteiger partial charge in [-0.2, -0.15) is 0 Å². The van der Waals surface area contributed by atoms with Crippen LogP contribution in [0.1, 0.15) is 31.4 Å². The smallest absolute Gasteiger partial charge is 0.242 e. The fourth-order valence-electron chi connectivity index (χ4n) is 2.51. The molecule has 1 aliphatic heterocycles. The number of carbonyl (C=O) groups excluding carboxylic acids is 1. The average Bonchev–Trinajstić information content (AvgIpc) is 2.86. The van der Waals surface area contributed by atoms with E-state index < -0.39 is 6.10 Å². The van der Waals surface area contributed by atoms with E-state index in [1.54, 1.807) is 14.0 Å². The number of nitrogens with zero attached hydrogens (tertiary/aromatic N) is 1. The second kappa shape index (κ2) is 5.92. The summed E-state index contributed by atoms with van der Waals surface area (Å²) in [6, 6.07) is 5.69. The second-order valence-electron chi connectivity index (χ2n) is 4.85. The Labute approximate surface area is 121 Å². The predicted octanol–water partition coefficient (Wildman–Crippen LogP) is 2.22. The van der Waals surface area contributed by atoms with Crippen LogP contribution in [0.2, 0.25) is 0 Å². The van der Waals surface area contributed by atoms with Gasteiger partial charge in [0.05, 0.1) is 11.8 Å². The quantitative estimate of drug-likeness (QED) is 0.895. The second-order valence-corrected chi connectivity index (χ2v) is 5.71. The number of likely N-dealkylation sites (N-methyl/N-ethyl adjacent to an activating group) is 1. The Morgan fingerprint density at radius 2 is 2.32 bits per heavy atom. The van der Waals surface area contributed by atoms with Crippen molar-refractivity contribution < 1.29 is 9.90 Å². The number of carbonyl (C=O) groups is 1. The third kappa shape index (κ3) is 2.92. The van der Waals surface area contributed by atoms with Crippen LogP contribution in [-0.2, 0) is 4.79 Å². The molecule has 0 spiro atoms. The number of benzene rings is 1. The summed E-state index contributed by atoms with van der Waals surface area (Å²) in [6.45, 7) is 2.62. The van der Waals surface area contributed by atoms with E-state index in [1.165, 1.54) is 0 Å². The molecule has 1 heterocycles. The zero-order chi connectivity index (χ0) is 14.0. The molecular formula is C14H19BrN2O2. The molecule has 1 saturated heterocycles. The highest BCUT2D eigenvalue weighted by Crippen LogP contribution is 2.34. The van der Waals surface area contributed by atoms with Gasteiger partial charge in [-0.1, -0.05) is 6.07 Å². The zero-order valence-electron chi connectivity index (χ0n) is 11.2. The molecule has 4 nitrogen and oxygen atoms in total. The summed E-state index contributed by atoms with van der Waals surface area (Å²) in [5.41, 5.74) is 1.88. The van der Waals surface area contributed by atoms with Gasteiger partial charge in [0, 0.05) is 18.1 Å². The summed E-state index contributed by atoms with van der Waals surface area (Å²) in [5, 5.41) is 12.3. The lowest BCUT2D eigenvalue weighted by atomic mass is 10.1. The molecule has 0 aromatic heterocycles. The van der Waals surface area contributed by atoms with E-state index in [9.17, 15) is 9.90 Å². The number of rotatable bonds is 3. The molecule has 0 saturated carbocycles. The lowest BCUT2D eigenvalue weighted by Crippen LogP contribution is -2.42. The van der Waals surface area contributed by atoms with Crippen LogP contribution in [0.4, 0.5) is 5.69 Å². The molecule has 1 aromatic carbocycles. The number of anilines is 1. The number of aliphatic hydroxyl groups is 1. The summed E-state index contributed by atoms with van der Waals surface area (Å²) >= 11 is 3.54. The normalized spacial score (nSPS) is 20.4. The minimum absolute atomic E-state index is 0.0593. The first-order chi connectivity index (χ1) is 9.04. The highest BCUT2D eigenvalue weighted by atomic mass is 79.9. The van der Waals surface area contributed by atoms with Crippen LogP contribution in [0, 0.1) is 0 Å². The van der Waals surface area contributed by atoms with Gasteiger partial charge in [-0.3, -0.25) is 4.79 Å². The van der Waals surface area contributed by atoms with E-state index in [-0.39, 0.29) is 11.9 Å². The van der Waals surface area contributed by atoms with Crippen molar-refractivity contribution in [3.63, 3.8) is 0 Å². The highest BCUT2D eigenvalue weighted by Gasteiger charge is 2.31. The Hall–Kier alpha value is -1.07. The standard InChI is InChI=1S/C14H19BrN2O2/c1-9(18)10-5-6-12(11(15)8-10)17-7-3-4-13(17)14(19)16-2/h5-6,8-9,13,18H,3-4,7H2,1-2H3,(H,16,19)/t9-,13?/m0/s1. The van der Waals surface area contributed by atoms with E-state index >= 15 is 0 Å². The number of amides is 1. The maximum Gasteiger partial charge on any atom is 0.242 e. The van der Waals surface area contributed by atoms with Gasteiger partial charge in [0.15, 0.2) is 0 Å². The van der Waals surface area contributed by atoms with Crippen LogP contribution in [-0.4, -0.2) is 30.6 Å². The topological polar surface area (TPSA) is 52.6 Å². The van der Waals surface area contributed by atoms with E-state index in [2.05, 4.69) is 26.1 Å². The van der Waals surface area contributed by atoms with Crippen molar-refractivity contribution in [3.8, 4) is 0 Å². The van der Waals surface area contributed by atoms with Crippen molar-refractivity contribution in [3.05, 3.63) is 28.2 Å². The van der Waals surface area contributed by atoms with Crippen molar-refractivity contribution >= 4 is 27.5 Å². The van der Waals surface area contributed by atoms with Crippen LogP contribution in [0.5, 0.6) is 0 Å². The van der Waals surface area contributed by atoms with Gasteiger partial charge in [-0.15, -0.1) is 0 Å². The molecule has 0 aliphatic carbocycles. The largest absolute Gasteiger partial charge is 0.389 e. The van der Waals surface area contributed by atoms with Crippen molar-refractivity contribution in [2.24, 2.45) is 0 Å². The van der Waals surface area contributed by atoms with Gasteiger partial charge in [-0.25, -0.2) is 0 Å². The molecule has 104 valence electrons. The molecule has 0 radical (unpaired) electrons. The number of halogens is 1. The van der Waals surface area contributed by atoms with E-state index in [4.69, 9.17) is 0 Å². The minimum Gasteiger partial charge on any atom is -0.389 e. The Balaban J connectivity index is 2.28. The molecular weight excluding hydrogens is 308 g/mol. The number of hydrogen-bond donors (Lipinski definition) is 2. The number of nitrogens with one attached hydrogen (secondary N) is 1. The van der Waals surface area contributed by atoms with Crippen LogP contribution in [0.25, 0.3) is 0 Å². The minimum atomic E-state index is -0.487. The van der Waals surface area contributed by atoms with Crippen LogP contribution < -0.4 is 10.2 Å². The first-order valence-electron chi connectivity index (χ1n) is 6.50. The number of hydrogen-bond acceptors (Lipinski definition) is 3. The molecule has 1 aliphatic rings. The predicted molar refractivity (Wildman–Crippen MR) is 79.2 cm³/mol. The van der Waals surface area contributed by atoms with Crippen molar-refractivity contribution in [1.29, 1.82) is 0 Å². The zero-order valence-corrected chi connectivity index (χ0v) is 12.8. The fourth-order valence-corrected chi connectivity index (χ4v) is 3.13. The Bertz CT molecular complexity index is 477. The van der Waals surface area contributed by atoms with Crippen LogP contribution in [0.3, 0.4) is 0 Å². The summed E-state index contributed by atoms with van der Waals surface area (Å²) in [6.07, 6.45) is 1.41. The fraction of sp³-hybridized carbons (Fsp3) is 0.500.